The highest BCUT2D eigenvalue weighted by Crippen LogP contribution is 2.37. The molecule has 3 atom stereocenters. The largest absolute Gasteiger partial charge is 0.391 e. The first-order valence-electron chi connectivity index (χ1n) is 3.91. The van der Waals surface area contributed by atoms with Crippen LogP contribution in [0.15, 0.2) is 0 Å². The van der Waals surface area contributed by atoms with Crippen molar-refractivity contribution >= 4 is 22.9 Å². The summed E-state index contributed by atoms with van der Waals surface area (Å²) >= 11 is 2.36. The molecule has 2 aliphatic rings. The third-order valence-electron chi connectivity index (χ3n) is 2.70. The molecule has 0 aromatic rings. The summed E-state index contributed by atoms with van der Waals surface area (Å²) in [6.07, 6.45) is 4.67. The molecule has 10 heavy (non-hydrogen) atoms. The van der Waals surface area contributed by atoms with Crippen LogP contribution in [0.25, 0.3) is 0 Å². The van der Waals surface area contributed by atoms with Crippen molar-refractivity contribution in [2.75, 3.05) is 0 Å². The van der Waals surface area contributed by atoms with E-state index in [1.807, 2.05) is 0 Å². The first-order chi connectivity index (χ1) is 4.79. The predicted molar refractivity (Wildman–Crippen MR) is 47.9 cm³/mol. The van der Waals surface area contributed by atoms with Crippen molar-refractivity contribution in [3.63, 3.8) is 0 Å². The SMILES string of the molecule is OC1CCC2CCC1N2I. The second-order valence-corrected chi connectivity index (χ2v) is 4.40. The summed E-state index contributed by atoms with van der Waals surface area (Å²) in [4.78, 5) is 0. The lowest BCUT2D eigenvalue weighted by molar-refractivity contribution is 0.0715. The van der Waals surface area contributed by atoms with Gasteiger partial charge in [0.2, 0.25) is 0 Å². The van der Waals surface area contributed by atoms with Crippen LogP contribution in [0.5, 0.6) is 0 Å². The van der Waals surface area contributed by atoms with Gasteiger partial charge in [-0.25, -0.2) is 3.11 Å². The molecule has 2 fully saturated rings. The summed E-state index contributed by atoms with van der Waals surface area (Å²) in [6, 6.07) is 1.24. The molecule has 0 aliphatic carbocycles. The summed E-state index contributed by atoms with van der Waals surface area (Å²) < 4.78 is 2.33. The average Bonchev–Trinajstić information content (AvgIpc) is 2.13. The van der Waals surface area contributed by atoms with Gasteiger partial charge in [0.25, 0.3) is 0 Å². The lowest BCUT2D eigenvalue weighted by atomic mass is 10.0. The molecule has 1 N–H and O–H groups in total. The van der Waals surface area contributed by atoms with Gasteiger partial charge in [-0.15, -0.1) is 0 Å². The van der Waals surface area contributed by atoms with E-state index in [4.69, 9.17) is 0 Å². The standard InChI is InChI=1S/C7H12INO/c8-9-5-1-3-6(9)7(10)4-2-5/h5-7,10H,1-4H2. The van der Waals surface area contributed by atoms with Gasteiger partial charge in [-0.3, -0.25) is 0 Å². The van der Waals surface area contributed by atoms with E-state index >= 15 is 0 Å². The van der Waals surface area contributed by atoms with Crippen LogP contribution >= 0.6 is 22.9 Å². The fourth-order valence-corrected chi connectivity index (χ4v) is 3.27. The second kappa shape index (κ2) is 2.60. The molecule has 0 aromatic carbocycles. The van der Waals surface area contributed by atoms with Gasteiger partial charge in [0.1, 0.15) is 0 Å². The maximum Gasteiger partial charge on any atom is 0.0704 e. The number of hydrogen-bond donors (Lipinski definition) is 1. The smallest absolute Gasteiger partial charge is 0.0704 e. The first-order valence-corrected chi connectivity index (χ1v) is 4.87. The second-order valence-electron chi connectivity index (χ2n) is 3.29. The van der Waals surface area contributed by atoms with E-state index in [2.05, 4.69) is 26.0 Å². The van der Waals surface area contributed by atoms with Crippen molar-refractivity contribution in [1.29, 1.82) is 0 Å². The van der Waals surface area contributed by atoms with Gasteiger partial charge in [-0.1, -0.05) is 0 Å². The van der Waals surface area contributed by atoms with Gasteiger partial charge < -0.3 is 5.11 Å². The van der Waals surface area contributed by atoms with Crippen LogP contribution in [0.4, 0.5) is 0 Å². The maximum atomic E-state index is 9.52. The fraction of sp³-hybridized carbons (Fsp3) is 1.00. The number of fused-ring (bicyclic) bond motifs is 2. The number of halogens is 1. The Balaban J connectivity index is 2.13. The average molecular weight is 253 g/mol. The van der Waals surface area contributed by atoms with Crippen LogP contribution < -0.4 is 0 Å². The molecule has 2 aliphatic heterocycles. The molecular weight excluding hydrogens is 241 g/mol. The summed E-state index contributed by atoms with van der Waals surface area (Å²) in [5, 5.41) is 9.52. The minimum absolute atomic E-state index is 0.0457. The van der Waals surface area contributed by atoms with Crippen molar-refractivity contribution in [3.8, 4) is 0 Å². The Morgan fingerprint density at radius 2 is 1.90 bits per heavy atom. The van der Waals surface area contributed by atoms with Crippen LogP contribution in [-0.2, 0) is 0 Å². The van der Waals surface area contributed by atoms with Gasteiger partial charge in [-0.2, -0.15) is 0 Å². The van der Waals surface area contributed by atoms with E-state index in [1.54, 1.807) is 0 Å². The molecule has 2 saturated heterocycles. The zero-order chi connectivity index (χ0) is 7.14. The number of aliphatic hydroxyl groups is 1. The van der Waals surface area contributed by atoms with Crippen molar-refractivity contribution in [2.45, 2.75) is 43.9 Å². The minimum atomic E-state index is -0.0457. The van der Waals surface area contributed by atoms with E-state index in [9.17, 15) is 5.11 Å². The van der Waals surface area contributed by atoms with Crippen molar-refractivity contribution in [3.05, 3.63) is 0 Å². The summed E-state index contributed by atoms with van der Waals surface area (Å²) in [6.45, 7) is 0. The van der Waals surface area contributed by atoms with Crippen LogP contribution in [0.1, 0.15) is 25.7 Å². The highest BCUT2D eigenvalue weighted by Gasteiger charge is 2.40. The van der Waals surface area contributed by atoms with Gasteiger partial charge in [0.05, 0.1) is 6.10 Å². The van der Waals surface area contributed by atoms with Gasteiger partial charge in [0.15, 0.2) is 0 Å². The normalized spacial score (nSPS) is 48.0. The van der Waals surface area contributed by atoms with E-state index in [1.165, 1.54) is 19.3 Å². The molecule has 0 spiro atoms. The number of aliphatic hydroxyl groups excluding tert-OH is 1. The van der Waals surface area contributed by atoms with Crippen LogP contribution in [0.3, 0.4) is 0 Å². The van der Waals surface area contributed by atoms with Crippen LogP contribution in [-0.4, -0.2) is 26.4 Å². The maximum absolute atomic E-state index is 9.52. The van der Waals surface area contributed by atoms with Gasteiger partial charge in [0, 0.05) is 34.9 Å². The zero-order valence-corrected chi connectivity index (χ0v) is 7.99. The van der Waals surface area contributed by atoms with E-state index in [0.29, 0.717) is 6.04 Å². The highest BCUT2D eigenvalue weighted by atomic mass is 127. The molecule has 2 nitrogen and oxygen atoms in total. The fourth-order valence-electron chi connectivity index (χ4n) is 2.06. The predicted octanol–water partition coefficient (Wildman–Crippen LogP) is 1.32. The van der Waals surface area contributed by atoms with E-state index < -0.39 is 0 Å². The molecule has 2 heterocycles. The molecule has 2 rings (SSSR count). The Morgan fingerprint density at radius 1 is 1.20 bits per heavy atom. The minimum Gasteiger partial charge on any atom is -0.391 e. The Labute approximate surface area is 75.1 Å². The molecule has 0 amide bonds. The van der Waals surface area contributed by atoms with Crippen LogP contribution in [0, 0.1) is 0 Å². The summed E-state index contributed by atoms with van der Waals surface area (Å²) in [5.74, 6) is 0. The lowest BCUT2D eigenvalue weighted by Crippen LogP contribution is -2.41. The number of hydrogen-bond acceptors (Lipinski definition) is 2. The topological polar surface area (TPSA) is 23.5 Å². The quantitative estimate of drug-likeness (QED) is 0.520. The third kappa shape index (κ3) is 0.987. The summed E-state index contributed by atoms with van der Waals surface area (Å²) in [5.41, 5.74) is 0. The summed E-state index contributed by atoms with van der Waals surface area (Å²) in [7, 11) is 0. The van der Waals surface area contributed by atoms with E-state index in [-0.39, 0.29) is 6.10 Å². The molecule has 0 saturated carbocycles. The molecule has 2 bridgehead atoms. The Kier molecular flexibility index (Phi) is 1.90. The Hall–Kier alpha value is 0.650. The number of piperidine rings is 1. The molecule has 0 radical (unpaired) electrons. The Bertz CT molecular complexity index is 142. The van der Waals surface area contributed by atoms with Crippen molar-refractivity contribution in [1.82, 2.24) is 3.11 Å². The van der Waals surface area contributed by atoms with Crippen LogP contribution in [0.2, 0.25) is 0 Å². The number of rotatable bonds is 0. The van der Waals surface area contributed by atoms with Gasteiger partial charge in [-0.05, 0) is 25.7 Å². The molecule has 3 heteroatoms. The zero-order valence-electron chi connectivity index (χ0n) is 5.83. The lowest BCUT2D eigenvalue weighted by Gasteiger charge is -2.32. The monoisotopic (exact) mass is 253 g/mol. The van der Waals surface area contributed by atoms with Crippen molar-refractivity contribution < 1.29 is 5.11 Å². The molecule has 3 unspecified atom stereocenters. The first kappa shape index (κ1) is 7.31. The number of nitrogens with zero attached hydrogens (tertiary/aromatic N) is 1. The van der Waals surface area contributed by atoms with Gasteiger partial charge >= 0.3 is 0 Å². The highest BCUT2D eigenvalue weighted by molar-refractivity contribution is 14.1. The molecule has 58 valence electrons. The molecule has 0 aromatic heterocycles. The van der Waals surface area contributed by atoms with E-state index in [0.717, 1.165) is 12.5 Å². The van der Waals surface area contributed by atoms with Crippen molar-refractivity contribution in [2.24, 2.45) is 0 Å². The molecular formula is C7H12INO. The Morgan fingerprint density at radius 3 is 2.60 bits per heavy atom. The third-order valence-corrected chi connectivity index (χ3v) is 4.20.